The van der Waals surface area contributed by atoms with E-state index in [4.69, 9.17) is 16.0 Å². The number of hydrogen-bond acceptors (Lipinski definition) is 8. The maximum atomic E-state index is 12.7. The third kappa shape index (κ3) is 6.66. The van der Waals surface area contributed by atoms with E-state index in [1.165, 1.54) is 0 Å². The van der Waals surface area contributed by atoms with Gasteiger partial charge in [-0.15, -0.1) is 0 Å². The van der Waals surface area contributed by atoms with Gasteiger partial charge < -0.3 is 30.4 Å². The normalized spacial score (nSPS) is 15.8. The van der Waals surface area contributed by atoms with Gasteiger partial charge in [-0.2, -0.15) is 0 Å². The molecule has 2 heterocycles. The van der Waals surface area contributed by atoms with Gasteiger partial charge in [-0.25, -0.2) is 4.21 Å². The summed E-state index contributed by atoms with van der Waals surface area (Å²) in [6, 6.07) is 11.1. The number of aldehydes is 1. The minimum Gasteiger partial charge on any atom is -0.400 e. The van der Waals surface area contributed by atoms with Crippen molar-refractivity contribution in [1.29, 1.82) is 0 Å². The van der Waals surface area contributed by atoms with E-state index in [1.54, 1.807) is 16.8 Å². The fourth-order valence-electron chi connectivity index (χ4n) is 5.86. The number of rotatable bonds is 12. The molecule has 6 N–H and O–H groups in total. The number of aromatic nitrogens is 1. The lowest BCUT2D eigenvalue weighted by atomic mass is 9.85. The minimum atomic E-state index is -2.03. The molecule has 1 aliphatic rings. The Bertz CT molecular complexity index is 1510. The molecule has 0 bridgehead atoms. The minimum absolute atomic E-state index is 0.155. The molecule has 0 radical (unpaired) electrons. The number of nitrogens with two attached hydrogens (primary N) is 2. The summed E-state index contributed by atoms with van der Waals surface area (Å²) in [6.45, 7) is 3.55. The first-order valence-corrected chi connectivity index (χ1v) is 15.2. The van der Waals surface area contributed by atoms with Gasteiger partial charge in [0.15, 0.2) is 17.4 Å². The molecule has 224 valence electrons. The fraction of sp³-hybridized carbons (Fsp3) is 0.367. The van der Waals surface area contributed by atoms with Crippen LogP contribution in [0.5, 0.6) is 0 Å². The third-order valence-electron chi connectivity index (χ3n) is 7.89. The zero-order valence-electron chi connectivity index (χ0n) is 23.9. The first kappa shape index (κ1) is 30.8. The van der Waals surface area contributed by atoms with Crippen molar-refractivity contribution < 1.29 is 23.1 Å². The lowest BCUT2D eigenvalue weighted by Crippen LogP contribution is -2.45. The molecular formula is C30H38N6O5S. The molecule has 0 spiro atoms. The SMILES string of the molecule is CCCC(C(=O)NC=O)N(C)c1ccc(C2CCN(c3cc(N)n(/C=C(\N)CS(=O)O)c3)CC2)c2cccc(C=O)c12. The molecule has 2 unspecified atom stereocenters. The van der Waals surface area contributed by atoms with Crippen molar-refractivity contribution in [1.82, 2.24) is 9.88 Å². The first-order chi connectivity index (χ1) is 20.2. The van der Waals surface area contributed by atoms with E-state index in [0.29, 0.717) is 24.2 Å². The standard InChI is InChI=1S/C30H38N6O5S/c1-3-5-27(30(39)33-19-38)34(2)26-9-8-24(25-7-4-6-21(17-37)29(25)26)20-10-12-35(13-11-20)23-14-28(32)36(16-23)15-22(31)18-42(40)41/h4,6-9,14-17,19-20,27H,3,5,10-13,18,31-32H2,1-2H3,(H,40,41)(H,33,38,39)/b22-15-. The van der Waals surface area contributed by atoms with E-state index < -0.39 is 17.1 Å². The van der Waals surface area contributed by atoms with E-state index in [-0.39, 0.29) is 23.3 Å². The summed E-state index contributed by atoms with van der Waals surface area (Å²) in [5, 5.41) is 4.06. The Morgan fingerprint density at radius 2 is 1.98 bits per heavy atom. The van der Waals surface area contributed by atoms with E-state index in [9.17, 15) is 18.6 Å². The third-order valence-corrected chi connectivity index (χ3v) is 8.47. The second-order valence-corrected chi connectivity index (χ2v) is 11.5. The molecule has 1 saturated heterocycles. The molecule has 42 heavy (non-hydrogen) atoms. The van der Waals surface area contributed by atoms with Crippen LogP contribution in [-0.2, 0) is 20.7 Å². The summed E-state index contributed by atoms with van der Waals surface area (Å²) in [6.07, 6.45) is 7.73. The van der Waals surface area contributed by atoms with Crippen LogP contribution in [0.2, 0.25) is 0 Å². The van der Waals surface area contributed by atoms with Crippen LogP contribution in [0, 0.1) is 0 Å². The Morgan fingerprint density at radius 1 is 1.24 bits per heavy atom. The Hall–Kier alpha value is -4.16. The molecule has 2 atom stereocenters. The van der Waals surface area contributed by atoms with Crippen LogP contribution in [0.15, 0.2) is 48.3 Å². The van der Waals surface area contributed by atoms with Crippen molar-refractivity contribution in [3.05, 3.63) is 59.4 Å². The highest BCUT2D eigenvalue weighted by Gasteiger charge is 2.28. The van der Waals surface area contributed by atoms with Gasteiger partial charge in [-0.05, 0) is 42.2 Å². The molecule has 11 nitrogen and oxygen atoms in total. The van der Waals surface area contributed by atoms with Gasteiger partial charge in [0.05, 0.1) is 11.4 Å². The summed E-state index contributed by atoms with van der Waals surface area (Å²) in [5.74, 6) is 0.203. The first-order valence-electron chi connectivity index (χ1n) is 13.9. The number of amides is 2. The molecule has 4 rings (SSSR count). The second kappa shape index (κ2) is 13.7. The average Bonchev–Trinajstić information content (AvgIpc) is 3.33. The molecular weight excluding hydrogens is 556 g/mol. The van der Waals surface area contributed by atoms with Gasteiger partial charge in [0.1, 0.15) is 11.9 Å². The largest absolute Gasteiger partial charge is 0.400 e. The van der Waals surface area contributed by atoms with Gasteiger partial charge in [0.25, 0.3) is 0 Å². The van der Waals surface area contributed by atoms with E-state index >= 15 is 0 Å². The number of carbonyl (C=O) groups excluding carboxylic acids is 3. The predicted octanol–water partition coefficient (Wildman–Crippen LogP) is 3.28. The summed E-state index contributed by atoms with van der Waals surface area (Å²) in [7, 11) is 1.82. The number of benzene rings is 2. The van der Waals surface area contributed by atoms with Crippen molar-refractivity contribution in [2.24, 2.45) is 5.73 Å². The molecule has 1 aromatic heterocycles. The van der Waals surface area contributed by atoms with Crippen LogP contribution in [0.1, 0.15) is 54.4 Å². The van der Waals surface area contributed by atoms with Crippen LogP contribution in [0.4, 0.5) is 17.2 Å². The number of carbonyl (C=O) groups is 3. The lowest BCUT2D eigenvalue weighted by molar-refractivity contribution is -0.126. The number of nitrogens with zero attached hydrogens (tertiary/aromatic N) is 3. The molecule has 0 aliphatic carbocycles. The van der Waals surface area contributed by atoms with Crippen LogP contribution < -0.4 is 26.6 Å². The maximum absolute atomic E-state index is 12.7. The number of hydrogen-bond donors (Lipinski definition) is 4. The van der Waals surface area contributed by atoms with Gasteiger partial charge in [0, 0.05) is 60.9 Å². The summed E-state index contributed by atoms with van der Waals surface area (Å²) in [5.41, 5.74) is 15.7. The molecule has 3 aromatic rings. The number of nitrogens with one attached hydrogen (secondary N) is 1. The van der Waals surface area contributed by atoms with Gasteiger partial charge in [-0.3, -0.25) is 19.7 Å². The van der Waals surface area contributed by atoms with E-state index in [2.05, 4.69) is 16.3 Å². The molecule has 12 heteroatoms. The maximum Gasteiger partial charge on any atom is 0.249 e. The number of piperidine rings is 1. The number of fused-ring (bicyclic) bond motifs is 1. The summed E-state index contributed by atoms with van der Waals surface area (Å²) >= 11 is -2.03. The van der Waals surface area contributed by atoms with Crippen LogP contribution in [0.3, 0.4) is 0 Å². The highest BCUT2D eigenvalue weighted by Crippen LogP contribution is 2.40. The van der Waals surface area contributed by atoms with Gasteiger partial charge >= 0.3 is 0 Å². The Morgan fingerprint density at radius 3 is 2.62 bits per heavy atom. The smallest absolute Gasteiger partial charge is 0.249 e. The Balaban J connectivity index is 1.60. The van der Waals surface area contributed by atoms with Crippen molar-refractivity contribution >= 4 is 63.8 Å². The second-order valence-electron chi connectivity index (χ2n) is 10.6. The monoisotopic (exact) mass is 594 g/mol. The summed E-state index contributed by atoms with van der Waals surface area (Å²) < 4.78 is 21.8. The van der Waals surface area contributed by atoms with Crippen LogP contribution in [-0.4, -0.2) is 63.9 Å². The van der Waals surface area contributed by atoms with Crippen molar-refractivity contribution in [3.8, 4) is 0 Å². The fourth-order valence-corrected chi connectivity index (χ4v) is 6.21. The van der Waals surface area contributed by atoms with Crippen molar-refractivity contribution in [2.45, 2.75) is 44.6 Å². The zero-order chi connectivity index (χ0) is 30.4. The predicted molar refractivity (Wildman–Crippen MR) is 168 cm³/mol. The number of imide groups is 1. The molecule has 2 amide bonds. The molecule has 1 aliphatic heterocycles. The van der Waals surface area contributed by atoms with Crippen molar-refractivity contribution in [3.63, 3.8) is 0 Å². The van der Waals surface area contributed by atoms with Crippen molar-refractivity contribution in [2.75, 3.05) is 41.4 Å². The number of anilines is 3. The van der Waals surface area contributed by atoms with Crippen LogP contribution in [0.25, 0.3) is 17.0 Å². The van der Waals surface area contributed by atoms with Gasteiger partial charge in [0.2, 0.25) is 12.3 Å². The molecule has 1 fully saturated rings. The lowest BCUT2D eigenvalue weighted by Gasteiger charge is -2.34. The Kier molecular flexibility index (Phi) is 10.0. The zero-order valence-corrected chi connectivity index (χ0v) is 24.7. The quantitative estimate of drug-likeness (QED) is 0.182. The van der Waals surface area contributed by atoms with Gasteiger partial charge in [-0.1, -0.05) is 37.6 Å². The summed E-state index contributed by atoms with van der Waals surface area (Å²) in [4.78, 5) is 40.0. The highest BCUT2D eigenvalue weighted by atomic mass is 32.2. The average molecular weight is 595 g/mol. The Labute approximate surface area is 247 Å². The number of nitrogen functional groups attached to an aromatic ring is 1. The molecule has 2 aromatic carbocycles. The van der Waals surface area contributed by atoms with E-state index in [1.807, 2.05) is 49.3 Å². The highest BCUT2D eigenvalue weighted by molar-refractivity contribution is 7.79. The van der Waals surface area contributed by atoms with Crippen LogP contribution >= 0.6 is 0 Å². The topological polar surface area (TPSA) is 164 Å². The van der Waals surface area contributed by atoms with E-state index in [0.717, 1.165) is 66.3 Å². The molecule has 0 saturated carbocycles. The number of likely N-dealkylation sites (N-methyl/N-ethyl adjacent to an activating group) is 1.